The highest BCUT2D eigenvalue weighted by Crippen LogP contribution is 2.50. The Morgan fingerprint density at radius 3 is 2.05 bits per heavy atom. The average molecular weight is 882 g/mol. The van der Waals surface area contributed by atoms with Crippen LogP contribution < -0.4 is 16.6 Å². The highest BCUT2D eigenvalue weighted by molar-refractivity contribution is 8.07. The summed E-state index contributed by atoms with van der Waals surface area (Å²) >= 11 is 10.4. The van der Waals surface area contributed by atoms with E-state index in [0.29, 0.717) is 18.0 Å². The fourth-order valence-corrected chi connectivity index (χ4v) is 6.12. The Balaban J connectivity index is 1.50. The quantitative estimate of drug-likeness (QED) is 0.0598. The zero-order valence-corrected chi connectivity index (χ0v) is 35.9. The van der Waals surface area contributed by atoms with E-state index in [-0.39, 0.29) is 19.6 Å². The molecule has 0 radical (unpaired) electrons. The Hall–Kier alpha value is -7.11. The largest absolute Gasteiger partial charge is 0.508 e. The Bertz CT molecular complexity index is 2790. The van der Waals surface area contributed by atoms with E-state index in [0.717, 1.165) is 18.4 Å². The first-order valence-electron chi connectivity index (χ1n) is 18.4. The molecule has 1 fully saturated rings. The summed E-state index contributed by atoms with van der Waals surface area (Å²) in [7, 11) is 1.21. The summed E-state index contributed by atoms with van der Waals surface area (Å²) in [5.74, 6) is 50.4. The predicted molar refractivity (Wildman–Crippen MR) is 241 cm³/mol. The van der Waals surface area contributed by atoms with E-state index in [1.807, 2.05) is 30.4 Å². The van der Waals surface area contributed by atoms with Gasteiger partial charge in [0.05, 0.1) is 0 Å². The van der Waals surface area contributed by atoms with Gasteiger partial charge >= 0.3 is 18.6 Å². The van der Waals surface area contributed by atoms with Gasteiger partial charge in [-0.1, -0.05) is 60.6 Å². The van der Waals surface area contributed by atoms with Crippen molar-refractivity contribution in [3.63, 3.8) is 0 Å². The van der Waals surface area contributed by atoms with Crippen molar-refractivity contribution in [3.8, 4) is 118 Å². The molecule has 310 valence electrons. The normalized spacial score (nSPS) is 15.9. The maximum atomic E-state index is 12.9. The van der Waals surface area contributed by atoms with Gasteiger partial charge in [0.25, 0.3) is 5.56 Å². The minimum absolute atomic E-state index is 0.0191. The van der Waals surface area contributed by atoms with Crippen LogP contribution in [0.5, 0.6) is 0 Å². The molecule has 0 bridgehead atoms. The molecule has 0 saturated carbocycles. The Labute approximate surface area is 371 Å². The van der Waals surface area contributed by atoms with Crippen molar-refractivity contribution in [1.82, 2.24) is 14.9 Å². The lowest BCUT2D eigenvalue weighted by Gasteiger charge is -2.26. The van der Waals surface area contributed by atoms with Gasteiger partial charge in [-0.25, -0.2) is 9.59 Å². The van der Waals surface area contributed by atoms with Crippen LogP contribution in [0.15, 0.2) is 64.3 Å². The molecule has 3 N–H and O–H groups in total. The number of thiocarbonyl (C=S) groups is 1. The third-order valence-corrected chi connectivity index (χ3v) is 9.59. The number of carbonyl (C=O) groups excluding carboxylic acids is 1. The number of allylic oxidation sites excluding steroid dienone is 2. The molecule has 12 nitrogen and oxygen atoms in total. The van der Waals surface area contributed by atoms with Gasteiger partial charge in [-0.3, -0.25) is 14.3 Å². The van der Waals surface area contributed by atoms with Crippen molar-refractivity contribution in [2.45, 2.75) is 57.6 Å². The molecule has 0 amide bonds. The summed E-state index contributed by atoms with van der Waals surface area (Å²) in [6.07, 6.45) is 3.72. The number of unbranched alkanes of at least 4 members (excludes halogenated alkanes) is 2. The number of hydrogen-bond acceptors (Lipinski definition) is 10. The van der Waals surface area contributed by atoms with Crippen molar-refractivity contribution in [2.24, 2.45) is 5.92 Å². The molecule has 1 aliphatic rings. The van der Waals surface area contributed by atoms with Crippen LogP contribution in [0.1, 0.15) is 44.4 Å². The topological polar surface area (TPSA) is 150 Å². The molecular formula is C47H36N3O9PS2. The van der Waals surface area contributed by atoms with Gasteiger partial charge in [-0.05, 0) is 151 Å². The third kappa shape index (κ3) is 20.2. The number of aromatic nitrogens is 2. The van der Waals surface area contributed by atoms with Crippen molar-refractivity contribution < 1.29 is 32.9 Å². The summed E-state index contributed by atoms with van der Waals surface area (Å²) in [6, 6.07) is 10.2. The van der Waals surface area contributed by atoms with E-state index in [1.165, 1.54) is 23.9 Å². The van der Waals surface area contributed by atoms with Crippen LogP contribution in [0.4, 0.5) is 4.79 Å². The van der Waals surface area contributed by atoms with Gasteiger partial charge in [-0.15, -0.1) is 0 Å². The molecule has 2 unspecified atom stereocenters. The lowest BCUT2D eigenvalue weighted by molar-refractivity contribution is -0.0593. The van der Waals surface area contributed by atoms with Crippen molar-refractivity contribution in [2.75, 3.05) is 20.3 Å². The molecule has 2 aromatic rings. The molecule has 5 atom stereocenters. The summed E-state index contributed by atoms with van der Waals surface area (Å²) in [5, 5.41) is 3.06. The van der Waals surface area contributed by atoms with Gasteiger partial charge in [0.1, 0.15) is 31.6 Å². The number of aromatic amines is 1. The monoisotopic (exact) mass is 881 g/mol. The second kappa shape index (κ2) is 29.2. The summed E-state index contributed by atoms with van der Waals surface area (Å²) in [5.41, 5.74) is -0.567. The van der Waals surface area contributed by atoms with Crippen LogP contribution in [0, 0.1) is 124 Å². The maximum absolute atomic E-state index is 12.9. The van der Waals surface area contributed by atoms with E-state index >= 15 is 0 Å². The van der Waals surface area contributed by atoms with Gasteiger partial charge in [0.2, 0.25) is 0 Å². The van der Waals surface area contributed by atoms with Crippen LogP contribution in [-0.2, 0) is 41.7 Å². The molecule has 1 aromatic carbocycles. The second-order valence-corrected chi connectivity index (χ2v) is 15.2. The van der Waals surface area contributed by atoms with E-state index in [1.54, 1.807) is 19.1 Å². The zero-order valence-electron chi connectivity index (χ0n) is 33.4. The lowest BCUT2D eigenvalue weighted by Crippen LogP contribution is -2.35. The molecule has 2 heterocycles. The number of carbonyl (C=O) groups is 1. The van der Waals surface area contributed by atoms with E-state index in [4.69, 9.17) is 47.3 Å². The molecule has 3 rings (SSSR count). The molecule has 1 aromatic heterocycles. The molecule has 0 spiro atoms. The van der Waals surface area contributed by atoms with Gasteiger partial charge in [0.15, 0.2) is 4.99 Å². The minimum atomic E-state index is -3.78. The Morgan fingerprint density at radius 2 is 1.47 bits per heavy atom. The SMILES string of the molecule is CC#CC#CC#CC#CC#CC#CC#CC#CC#CC#CC(=S)NCCCC/C=C/C[C@H]1C(OP(O)(=S)OC)[C@@H](COC(=O)OCc2ccccc2)O[C@H]1n1ccc(=O)[nH]c1=O. The molecule has 15 heteroatoms. The average Bonchev–Trinajstić information content (AvgIpc) is 3.59. The first-order chi connectivity index (χ1) is 30.1. The van der Waals surface area contributed by atoms with Crippen LogP contribution in [0.25, 0.3) is 0 Å². The number of hydrogen-bond donors (Lipinski definition) is 3. The predicted octanol–water partition coefficient (Wildman–Crippen LogP) is 3.74. The van der Waals surface area contributed by atoms with Crippen LogP contribution in [0.3, 0.4) is 0 Å². The Morgan fingerprint density at radius 1 is 0.871 bits per heavy atom. The first-order valence-corrected chi connectivity index (χ1v) is 21.4. The number of nitrogens with one attached hydrogen (secondary N) is 2. The minimum Gasteiger partial charge on any atom is -0.431 e. The van der Waals surface area contributed by atoms with Gasteiger partial charge in [-0.2, -0.15) is 0 Å². The molecule has 62 heavy (non-hydrogen) atoms. The lowest BCUT2D eigenvalue weighted by atomic mass is 9.95. The number of nitrogens with zero attached hydrogens (tertiary/aromatic N) is 1. The van der Waals surface area contributed by atoms with Crippen molar-refractivity contribution in [3.05, 3.63) is 81.1 Å². The standard InChI is InChI=1S/C47H36N3O9PS2/c1-3-4-5-6-7-8-9-10-11-12-13-14-15-16-17-18-19-22-28-33-43(61)48-35-29-23-20-21-27-32-40-44(59-60(54,62)55-2)41(58-45(40)50-36-34-42(51)49-46(50)52)38-57-47(53)56-37-39-30-25-24-26-31-39/h21,24-27,30-31,34,36,40-41,44-45H,20,23,29,32,35,37-38H2,1-2H3,(H,48,61)(H,54,62)(H,49,51,52)/b27-21+/t40-,41+,44?,45+,60?/m0/s1. The van der Waals surface area contributed by atoms with Crippen LogP contribution >= 0.6 is 18.9 Å². The van der Waals surface area contributed by atoms with Crippen LogP contribution in [0.2, 0.25) is 0 Å². The number of H-pyrrole nitrogens is 1. The molecule has 1 aliphatic heterocycles. The first kappa shape index (κ1) is 49.3. The number of benzene rings is 1. The second-order valence-electron chi connectivity index (χ2n) is 11.9. The fourth-order valence-electron chi connectivity index (χ4n) is 4.99. The number of rotatable bonds is 15. The maximum Gasteiger partial charge on any atom is 0.508 e. The Kier molecular flexibility index (Phi) is 23.2. The summed E-state index contributed by atoms with van der Waals surface area (Å²) in [4.78, 5) is 50.4. The smallest absolute Gasteiger partial charge is 0.431 e. The van der Waals surface area contributed by atoms with Gasteiger partial charge in [0, 0.05) is 43.7 Å². The summed E-state index contributed by atoms with van der Waals surface area (Å²) < 4.78 is 28.9. The highest BCUT2D eigenvalue weighted by Gasteiger charge is 2.48. The van der Waals surface area contributed by atoms with E-state index in [9.17, 15) is 19.3 Å². The molecule has 1 saturated heterocycles. The fraction of sp³-hybridized carbons (Fsp3) is 0.277. The zero-order chi connectivity index (χ0) is 44.7. The van der Waals surface area contributed by atoms with Crippen molar-refractivity contribution in [1.29, 1.82) is 0 Å². The van der Waals surface area contributed by atoms with Crippen molar-refractivity contribution >= 4 is 41.9 Å². The number of ether oxygens (including phenoxy) is 3. The van der Waals surface area contributed by atoms with E-state index in [2.05, 4.69) is 129 Å². The molecular weight excluding hydrogens is 846 g/mol. The summed E-state index contributed by atoms with van der Waals surface area (Å²) in [6.45, 7) is -1.89. The van der Waals surface area contributed by atoms with E-state index < -0.39 is 48.5 Å². The third-order valence-electron chi connectivity index (χ3n) is 7.67. The molecule has 0 aliphatic carbocycles. The van der Waals surface area contributed by atoms with Crippen LogP contribution in [-0.4, -0.2) is 58.1 Å². The highest BCUT2D eigenvalue weighted by atomic mass is 32.5. The van der Waals surface area contributed by atoms with Gasteiger partial charge < -0.3 is 33.5 Å².